The second kappa shape index (κ2) is 10.4. The molecule has 0 unspecified atom stereocenters. The van der Waals surface area contributed by atoms with Crippen molar-refractivity contribution in [3.05, 3.63) is 48.0 Å². The minimum atomic E-state index is -0.563. The number of aromatic amines is 1. The van der Waals surface area contributed by atoms with Crippen LogP contribution >= 0.6 is 0 Å². The molecule has 2 aromatic heterocycles. The molecule has 0 saturated carbocycles. The first-order valence-corrected chi connectivity index (χ1v) is 10.6. The highest BCUT2D eigenvalue weighted by atomic mass is 16.4. The monoisotopic (exact) mass is 434 g/mol. The standard InChI is InChI=1S/C23H26N6O3/c1-4-16(5-2)26-22(31)20-13-25-23(32-20)15-9-7-8-14(10-15)18-11-19(29-28-18)21(30)27-17(6-3)12-24/h7-11,13,16-17H,4-6H2,1-3H3,(H,26,31)(H,27,30)(H,28,29)/t17-/m1/s1. The lowest BCUT2D eigenvalue weighted by Crippen LogP contribution is -2.33. The summed E-state index contributed by atoms with van der Waals surface area (Å²) < 4.78 is 5.68. The van der Waals surface area contributed by atoms with E-state index in [0.717, 1.165) is 18.4 Å². The molecule has 32 heavy (non-hydrogen) atoms. The Labute approximate surface area is 186 Å². The van der Waals surface area contributed by atoms with Crippen molar-refractivity contribution in [2.24, 2.45) is 0 Å². The summed E-state index contributed by atoms with van der Waals surface area (Å²) in [5, 5.41) is 21.5. The predicted octanol–water partition coefficient (Wildman–Crippen LogP) is 3.68. The van der Waals surface area contributed by atoms with E-state index < -0.39 is 11.9 Å². The Hall–Kier alpha value is -3.93. The van der Waals surface area contributed by atoms with Gasteiger partial charge in [-0.25, -0.2) is 4.98 Å². The minimum absolute atomic E-state index is 0.0897. The maximum Gasteiger partial charge on any atom is 0.288 e. The lowest BCUT2D eigenvalue weighted by Gasteiger charge is -2.12. The molecule has 0 aliphatic rings. The van der Waals surface area contributed by atoms with Crippen LogP contribution in [0.1, 0.15) is 61.1 Å². The SMILES string of the molecule is CCC(CC)NC(=O)c1cnc(-c2cccc(-c3cc(C(=O)N[C@@H](C#N)CC)n[nH]3)c2)o1. The van der Waals surface area contributed by atoms with Gasteiger partial charge >= 0.3 is 0 Å². The first-order valence-electron chi connectivity index (χ1n) is 10.6. The minimum Gasteiger partial charge on any atom is -0.431 e. The normalized spacial score (nSPS) is 11.7. The summed E-state index contributed by atoms with van der Waals surface area (Å²) in [5.74, 6) is -0.238. The molecule has 9 nitrogen and oxygen atoms in total. The molecule has 0 aliphatic heterocycles. The number of hydrogen-bond acceptors (Lipinski definition) is 6. The summed E-state index contributed by atoms with van der Waals surface area (Å²) in [7, 11) is 0. The van der Waals surface area contributed by atoms with Crippen LogP contribution in [0.3, 0.4) is 0 Å². The number of oxazole rings is 1. The number of benzene rings is 1. The van der Waals surface area contributed by atoms with Crippen molar-refractivity contribution < 1.29 is 14.0 Å². The second-order valence-corrected chi connectivity index (χ2v) is 7.33. The van der Waals surface area contributed by atoms with Crippen LogP contribution in [0, 0.1) is 11.3 Å². The molecule has 3 aromatic rings. The summed E-state index contributed by atoms with van der Waals surface area (Å²) in [6.45, 7) is 5.85. The molecule has 0 radical (unpaired) electrons. The fraction of sp³-hybridized carbons (Fsp3) is 0.348. The molecule has 2 amide bonds. The fourth-order valence-corrected chi connectivity index (χ4v) is 3.13. The van der Waals surface area contributed by atoms with Crippen LogP contribution in [-0.4, -0.2) is 39.1 Å². The van der Waals surface area contributed by atoms with Crippen LogP contribution in [0.5, 0.6) is 0 Å². The summed E-state index contributed by atoms with van der Waals surface area (Å²) >= 11 is 0. The zero-order valence-corrected chi connectivity index (χ0v) is 18.3. The van der Waals surface area contributed by atoms with E-state index in [0.29, 0.717) is 23.6 Å². The molecule has 0 fully saturated rings. The van der Waals surface area contributed by atoms with Crippen molar-refractivity contribution in [3.8, 4) is 28.8 Å². The molecule has 0 aliphatic carbocycles. The molecule has 1 aromatic carbocycles. The maximum atomic E-state index is 12.4. The van der Waals surface area contributed by atoms with Crippen molar-refractivity contribution in [3.63, 3.8) is 0 Å². The molecule has 2 heterocycles. The summed E-state index contributed by atoms with van der Waals surface area (Å²) in [6, 6.07) is 10.5. The first-order chi connectivity index (χ1) is 15.5. The van der Waals surface area contributed by atoms with Gasteiger partial charge in [-0.3, -0.25) is 14.7 Å². The number of nitrogens with one attached hydrogen (secondary N) is 3. The van der Waals surface area contributed by atoms with Gasteiger partial charge in [-0.05, 0) is 37.5 Å². The summed E-state index contributed by atoms with van der Waals surface area (Å²) in [5.41, 5.74) is 2.26. The number of amides is 2. The largest absolute Gasteiger partial charge is 0.431 e. The molecule has 3 rings (SSSR count). The van der Waals surface area contributed by atoms with Crippen LogP contribution in [0.2, 0.25) is 0 Å². The number of nitrogens with zero attached hydrogens (tertiary/aromatic N) is 3. The van der Waals surface area contributed by atoms with Gasteiger partial charge in [0.05, 0.1) is 18.0 Å². The molecule has 3 N–H and O–H groups in total. The Bertz CT molecular complexity index is 1120. The number of aromatic nitrogens is 3. The Morgan fingerprint density at radius 3 is 2.53 bits per heavy atom. The van der Waals surface area contributed by atoms with Crippen molar-refractivity contribution in [2.45, 2.75) is 52.1 Å². The Balaban J connectivity index is 1.76. The van der Waals surface area contributed by atoms with Gasteiger partial charge in [0.2, 0.25) is 11.7 Å². The lowest BCUT2D eigenvalue weighted by atomic mass is 10.1. The van der Waals surface area contributed by atoms with Gasteiger partial charge < -0.3 is 15.1 Å². The van der Waals surface area contributed by atoms with E-state index in [-0.39, 0.29) is 23.4 Å². The Kier molecular flexibility index (Phi) is 7.39. The molecule has 0 bridgehead atoms. The smallest absolute Gasteiger partial charge is 0.288 e. The van der Waals surface area contributed by atoms with Crippen molar-refractivity contribution >= 4 is 11.8 Å². The molecule has 9 heteroatoms. The summed E-state index contributed by atoms with van der Waals surface area (Å²) in [4.78, 5) is 28.9. The maximum absolute atomic E-state index is 12.4. The molecular weight excluding hydrogens is 408 g/mol. The van der Waals surface area contributed by atoms with Gasteiger partial charge in [0.15, 0.2) is 5.69 Å². The number of carbonyl (C=O) groups excluding carboxylic acids is 2. The van der Waals surface area contributed by atoms with Crippen molar-refractivity contribution in [2.75, 3.05) is 0 Å². The zero-order valence-electron chi connectivity index (χ0n) is 18.3. The Morgan fingerprint density at radius 1 is 1.09 bits per heavy atom. The van der Waals surface area contributed by atoms with Crippen LogP contribution in [0.4, 0.5) is 0 Å². The average Bonchev–Trinajstić information content (AvgIpc) is 3.51. The van der Waals surface area contributed by atoms with Gasteiger partial charge in [-0.2, -0.15) is 10.4 Å². The molecular formula is C23H26N6O3. The number of nitriles is 1. The summed E-state index contributed by atoms with van der Waals surface area (Å²) in [6.07, 6.45) is 3.60. The molecule has 166 valence electrons. The quantitative estimate of drug-likeness (QED) is 0.470. The number of rotatable bonds is 9. The van der Waals surface area contributed by atoms with E-state index >= 15 is 0 Å². The van der Waals surface area contributed by atoms with Gasteiger partial charge in [-0.15, -0.1) is 0 Å². The average molecular weight is 435 g/mol. The molecule has 1 atom stereocenters. The highest BCUT2D eigenvalue weighted by molar-refractivity contribution is 5.94. The van der Waals surface area contributed by atoms with Crippen molar-refractivity contribution in [1.29, 1.82) is 5.26 Å². The van der Waals surface area contributed by atoms with E-state index in [9.17, 15) is 9.59 Å². The fourth-order valence-electron chi connectivity index (χ4n) is 3.13. The predicted molar refractivity (Wildman–Crippen MR) is 119 cm³/mol. The lowest BCUT2D eigenvalue weighted by molar-refractivity contribution is 0.0906. The van der Waals surface area contributed by atoms with E-state index in [1.54, 1.807) is 6.07 Å². The van der Waals surface area contributed by atoms with Gasteiger partial charge in [-0.1, -0.05) is 32.9 Å². The van der Waals surface area contributed by atoms with Gasteiger partial charge in [0, 0.05) is 17.2 Å². The van der Waals surface area contributed by atoms with Crippen LogP contribution in [-0.2, 0) is 0 Å². The van der Waals surface area contributed by atoms with Crippen LogP contribution < -0.4 is 10.6 Å². The molecule has 0 saturated heterocycles. The van der Waals surface area contributed by atoms with Crippen molar-refractivity contribution in [1.82, 2.24) is 25.8 Å². The van der Waals surface area contributed by atoms with E-state index in [4.69, 9.17) is 9.68 Å². The Morgan fingerprint density at radius 2 is 1.84 bits per heavy atom. The van der Waals surface area contributed by atoms with E-state index in [2.05, 4.69) is 25.8 Å². The third kappa shape index (κ3) is 5.21. The second-order valence-electron chi connectivity index (χ2n) is 7.33. The number of hydrogen-bond donors (Lipinski definition) is 3. The molecule has 0 spiro atoms. The van der Waals surface area contributed by atoms with E-state index in [1.165, 1.54) is 6.20 Å². The van der Waals surface area contributed by atoms with Crippen LogP contribution in [0.15, 0.2) is 40.9 Å². The zero-order chi connectivity index (χ0) is 23.1. The topological polar surface area (TPSA) is 137 Å². The van der Waals surface area contributed by atoms with Gasteiger partial charge in [0.25, 0.3) is 11.8 Å². The van der Waals surface area contributed by atoms with E-state index in [1.807, 2.05) is 51.1 Å². The highest BCUT2D eigenvalue weighted by Crippen LogP contribution is 2.25. The van der Waals surface area contributed by atoms with Crippen LogP contribution in [0.25, 0.3) is 22.7 Å². The number of carbonyl (C=O) groups is 2. The number of H-pyrrole nitrogens is 1. The first kappa shape index (κ1) is 22.7. The third-order valence-electron chi connectivity index (χ3n) is 5.15. The third-order valence-corrected chi connectivity index (χ3v) is 5.15. The van der Waals surface area contributed by atoms with Gasteiger partial charge in [0.1, 0.15) is 6.04 Å². The highest BCUT2D eigenvalue weighted by Gasteiger charge is 2.18.